The minimum Gasteiger partial charge on any atom is -0.454 e. The van der Waals surface area contributed by atoms with E-state index in [0.717, 1.165) is 23.3 Å². The van der Waals surface area contributed by atoms with E-state index in [1.807, 2.05) is 60.0 Å². The second-order valence-corrected chi connectivity index (χ2v) is 10.8. The Morgan fingerprint density at radius 2 is 1.72 bits per heavy atom. The molecule has 2 aromatic carbocycles. The molecule has 4 rings (SSSR count). The molecule has 208 valence electrons. The van der Waals surface area contributed by atoms with E-state index in [2.05, 4.69) is 6.92 Å². The molecule has 0 saturated carbocycles. The average molecular weight is 551 g/mol. The van der Waals surface area contributed by atoms with Crippen molar-refractivity contribution >= 4 is 23.2 Å². The SMILES string of the molecule is CCCCCc1ccc(C(=O)N(CCCOC)CC(=O)N(Cc2ccc3c(c2)OCO3)Cc2cccs2)cc1. The maximum absolute atomic E-state index is 13.7. The molecule has 1 aliphatic rings. The lowest BCUT2D eigenvalue weighted by Gasteiger charge is -2.28. The highest BCUT2D eigenvalue weighted by Gasteiger charge is 2.24. The Balaban J connectivity index is 1.48. The number of hydrogen-bond donors (Lipinski definition) is 0. The fourth-order valence-corrected chi connectivity index (χ4v) is 5.29. The summed E-state index contributed by atoms with van der Waals surface area (Å²) in [5, 5.41) is 2.01. The number of rotatable bonds is 15. The van der Waals surface area contributed by atoms with Crippen molar-refractivity contribution in [1.29, 1.82) is 0 Å². The van der Waals surface area contributed by atoms with Crippen LogP contribution >= 0.6 is 11.3 Å². The van der Waals surface area contributed by atoms with Crippen LogP contribution in [0, 0.1) is 0 Å². The van der Waals surface area contributed by atoms with E-state index in [9.17, 15) is 9.59 Å². The number of ether oxygens (including phenoxy) is 3. The van der Waals surface area contributed by atoms with Gasteiger partial charge >= 0.3 is 0 Å². The first-order chi connectivity index (χ1) is 19.1. The number of carbonyl (C=O) groups is 2. The molecule has 0 fully saturated rings. The third-order valence-electron chi connectivity index (χ3n) is 6.75. The molecule has 2 amide bonds. The Hall–Kier alpha value is -3.36. The number of benzene rings is 2. The normalized spacial score (nSPS) is 11.9. The molecule has 8 heteroatoms. The third-order valence-corrected chi connectivity index (χ3v) is 7.61. The van der Waals surface area contributed by atoms with Gasteiger partial charge in [0, 0.05) is 37.2 Å². The molecule has 3 aromatic rings. The highest BCUT2D eigenvalue weighted by molar-refractivity contribution is 7.09. The Morgan fingerprint density at radius 1 is 0.923 bits per heavy atom. The summed E-state index contributed by atoms with van der Waals surface area (Å²) < 4.78 is 16.2. The first-order valence-electron chi connectivity index (χ1n) is 13.6. The topological polar surface area (TPSA) is 68.3 Å². The van der Waals surface area contributed by atoms with Crippen molar-refractivity contribution in [2.45, 2.75) is 52.1 Å². The molecular weight excluding hydrogens is 512 g/mol. The standard InChI is InChI=1S/C31H38N2O5S/c1-3-4-5-8-24-10-13-26(14-11-24)31(35)32(16-7-17-36-2)22-30(34)33(21-27-9-6-18-39-27)20-25-12-15-28-29(19-25)38-23-37-28/h6,9-15,18-19H,3-5,7-8,16-17,20-23H2,1-2H3. The summed E-state index contributed by atoms with van der Waals surface area (Å²) in [5.41, 5.74) is 2.77. The van der Waals surface area contributed by atoms with Gasteiger partial charge in [-0.05, 0) is 66.1 Å². The van der Waals surface area contributed by atoms with Crippen LogP contribution in [0.25, 0.3) is 0 Å². The molecular formula is C31H38N2O5S. The van der Waals surface area contributed by atoms with Gasteiger partial charge in [-0.1, -0.05) is 44.0 Å². The number of amides is 2. The number of fused-ring (bicyclic) bond motifs is 1. The number of unbranched alkanes of at least 4 members (excludes halogenated alkanes) is 2. The fourth-order valence-electron chi connectivity index (χ4n) is 4.57. The number of aryl methyl sites for hydroxylation is 1. The van der Waals surface area contributed by atoms with Crippen molar-refractivity contribution in [2.24, 2.45) is 0 Å². The summed E-state index contributed by atoms with van der Waals surface area (Å²) >= 11 is 1.61. The van der Waals surface area contributed by atoms with Gasteiger partial charge in [-0.2, -0.15) is 0 Å². The lowest BCUT2D eigenvalue weighted by molar-refractivity contribution is -0.133. The van der Waals surface area contributed by atoms with Crippen LogP contribution in [0.5, 0.6) is 11.5 Å². The zero-order valence-corrected chi connectivity index (χ0v) is 23.7. The quantitative estimate of drug-likeness (QED) is 0.220. The van der Waals surface area contributed by atoms with Gasteiger partial charge < -0.3 is 24.0 Å². The van der Waals surface area contributed by atoms with Gasteiger partial charge in [0.1, 0.15) is 6.54 Å². The van der Waals surface area contributed by atoms with Crippen molar-refractivity contribution in [1.82, 2.24) is 9.80 Å². The van der Waals surface area contributed by atoms with Crippen molar-refractivity contribution in [3.63, 3.8) is 0 Å². The molecule has 1 aromatic heterocycles. The molecule has 0 saturated heterocycles. The van der Waals surface area contributed by atoms with Crippen LogP contribution in [-0.2, 0) is 29.0 Å². The van der Waals surface area contributed by atoms with Crippen LogP contribution in [0.15, 0.2) is 60.0 Å². The third kappa shape index (κ3) is 8.31. The maximum atomic E-state index is 13.7. The first kappa shape index (κ1) is 28.6. The summed E-state index contributed by atoms with van der Waals surface area (Å²) in [7, 11) is 1.64. The van der Waals surface area contributed by atoms with Gasteiger partial charge in [-0.3, -0.25) is 9.59 Å². The molecule has 0 spiro atoms. The van der Waals surface area contributed by atoms with Crippen molar-refractivity contribution < 1.29 is 23.8 Å². The van der Waals surface area contributed by atoms with Crippen LogP contribution in [-0.4, -0.2) is 55.2 Å². The van der Waals surface area contributed by atoms with Crippen molar-refractivity contribution in [2.75, 3.05) is 33.6 Å². The molecule has 0 radical (unpaired) electrons. The van der Waals surface area contributed by atoms with Gasteiger partial charge in [-0.25, -0.2) is 0 Å². The van der Waals surface area contributed by atoms with Crippen LogP contribution < -0.4 is 9.47 Å². The Bertz CT molecular complexity index is 1200. The summed E-state index contributed by atoms with van der Waals surface area (Å²) in [5.74, 6) is 1.15. The highest BCUT2D eigenvalue weighted by atomic mass is 32.1. The monoisotopic (exact) mass is 550 g/mol. The van der Waals surface area contributed by atoms with E-state index >= 15 is 0 Å². The maximum Gasteiger partial charge on any atom is 0.254 e. The van der Waals surface area contributed by atoms with Crippen LogP contribution in [0.3, 0.4) is 0 Å². The Labute approximate surface area is 235 Å². The lowest BCUT2D eigenvalue weighted by Crippen LogP contribution is -2.43. The van der Waals surface area contributed by atoms with E-state index < -0.39 is 0 Å². The Kier molecular flexibility index (Phi) is 10.8. The first-order valence-corrected chi connectivity index (χ1v) is 14.5. The number of methoxy groups -OCH3 is 1. The zero-order chi connectivity index (χ0) is 27.5. The van der Waals surface area contributed by atoms with Gasteiger partial charge in [0.15, 0.2) is 11.5 Å². The summed E-state index contributed by atoms with van der Waals surface area (Å²) in [6.45, 7) is 4.22. The van der Waals surface area contributed by atoms with E-state index in [0.29, 0.717) is 49.7 Å². The van der Waals surface area contributed by atoms with Gasteiger partial charge in [0.05, 0.1) is 6.54 Å². The largest absolute Gasteiger partial charge is 0.454 e. The van der Waals surface area contributed by atoms with Gasteiger partial charge in [0.25, 0.3) is 5.91 Å². The molecule has 0 aliphatic carbocycles. The van der Waals surface area contributed by atoms with Crippen molar-refractivity contribution in [3.05, 3.63) is 81.5 Å². The number of hydrogen-bond acceptors (Lipinski definition) is 6. The van der Waals surface area contributed by atoms with Crippen molar-refractivity contribution in [3.8, 4) is 11.5 Å². The smallest absolute Gasteiger partial charge is 0.254 e. The lowest BCUT2D eigenvalue weighted by atomic mass is 10.0. The fraction of sp³-hybridized carbons (Fsp3) is 0.419. The number of carbonyl (C=O) groups excluding carboxylic acids is 2. The number of nitrogens with zero attached hydrogens (tertiary/aromatic N) is 2. The van der Waals surface area contributed by atoms with E-state index in [4.69, 9.17) is 14.2 Å². The zero-order valence-electron chi connectivity index (χ0n) is 22.9. The summed E-state index contributed by atoms with van der Waals surface area (Å²) in [6, 6.07) is 17.6. The predicted octanol–water partition coefficient (Wildman–Crippen LogP) is 5.92. The molecule has 39 heavy (non-hydrogen) atoms. The second kappa shape index (κ2) is 14.7. The minimum absolute atomic E-state index is 0.00325. The highest BCUT2D eigenvalue weighted by Crippen LogP contribution is 2.33. The molecule has 0 atom stereocenters. The molecule has 0 unspecified atom stereocenters. The number of thiophene rings is 1. The van der Waals surface area contributed by atoms with E-state index in [1.165, 1.54) is 18.4 Å². The summed E-state index contributed by atoms with van der Waals surface area (Å²) in [6.07, 6.45) is 5.18. The predicted molar refractivity (Wildman–Crippen MR) is 153 cm³/mol. The van der Waals surface area contributed by atoms with Gasteiger partial charge in [0.2, 0.25) is 12.7 Å². The average Bonchev–Trinajstić information content (AvgIpc) is 3.64. The van der Waals surface area contributed by atoms with E-state index in [-0.39, 0.29) is 25.2 Å². The molecule has 2 heterocycles. The summed E-state index contributed by atoms with van der Waals surface area (Å²) in [4.78, 5) is 31.8. The second-order valence-electron chi connectivity index (χ2n) is 9.74. The molecule has 7 nitrogen and oxygen atoms in total. The molecule has 0 N–H and O–H groups in total. The Morgan fingerprint density at radius 3 is 2.46 bits per heavy atom. The van der Waals surface area contributed by atoms with Crippen LogP contribution in [0.4, 0.5) is 0 Å². The van der Waals surface area contributed by atoms with Gasteiger partial charge in [-0.15, -0.1) is 11.3 Å². The van der Waals surface area contributed by atoms with Crippen LogP contribution in [0.2, 0.25) is 0 Å². The minimum atomic E-state index is -0.140. The molecule has 0 bridgehead atoms. The molecule has 1 aliphatic heterocycles. The van der Waals surface area contributed by atoms with E-state index in [1.54, 1.807) is 28.2 Å². The van der Waals surface area contributed by atoms with Crippen LogP contribution in [0.1, 0.15) is 59.0 Å².